The van der Waals surface area contributed by atoms with Gasteiger partial charge in [-0.1, -0.05) is 12.8 Å². The van der Waals surface area contributed by atoms with Crippen LogP contribution in [0, 0.1) is 13.1 Å². The van der Waals surface area contributed by atoms with Crippen LogP contribution in [0.1, 0.15) is 36.8 Å². The van der Waals surface area contributed by atoms with Crippen LogP contribution >= 0.6 is 0 Å². The Hall–Kier alpha value is -1.95. The van der Waals surface area contributed by atoms with Gasteiger partial charge in [0.1, 0.15) is 23.0 Å². The van der Waals surface area contributed by atoms with E-state index in [2.05, 4.69) is 0 Å². The molecule has 0 spiro atoms. The van der Waals surface area contributed by atoms with Crippen molar-refractivity contribution in [3.05, 3.63) is 60.6 Å². The minimum absolute atomic E-state index is 0. The third-order valence-corrected chi connectivity index (χ3v) is 4.21. The minimum atomic E-state index is 0. The monoisotopic (exact) mass is 446 g/mol. The summed E-state index contributed by atoms with van der Waals surface area (Å²) in [6.45, 7) is 3.27. The Morgan fingerprint density at radius 2 is 1.14 bits per heavy atom. The Kier molecular flexibility index (Phi) is 14.8. The average molecular weight is 447 g/mol. The van der Waals surface area contributed by atoms with Crippen molar-refractivity contribution in [3.63, 3.8) is 0 Å². The van der Waals surface area contributed by atoms with Crippen LogP contribution in [0.3, 0.4) is 0 Å². The molecule has 0 saturated carbocycles. The second-order valence-corrected chi connectivity index (χ2v) is 6.25. The van der Waals surface area contributed by atoms with Crippen molar-refractivity contribution in [2.24, 2.45) is 11.5 Å². The van der Waals surface area contributed by atoms with Crippen LogP contribution in [0.2, 0.25) is 0 Å². The zero-order valence-corrected chi connectivity index (χ0v) is 18.0. The SMILES string of the molecule is COc1ccc(O)c(CCC[CH-]N)c1.COc1ccc(O)c(CCC[CH-]N)c1.[Ni+2]. The molecule has 0 heterocycles. The van der Waals surface area contributed by atoms with E-state index in [0.717, 1.165) is 61.2 Å². The number of hydrogen-bond donors (Lipinski definition) is 4. The Balaban J connectivity index is 0.000000523. The summed E-state index contributed by atoms with van der Waals surface area (Å²) in [4.78, 5) is 0. The first-order valence-corrected chi connectivity index (χ1v) is 9.34. The van der Waals surface area contributed by atoms with E-state index in [9.17, 15) is 10.2 Å². The Labute approximate surface area is 184 Å². The molecule has 7 heteroatoms. The summed E-state index contributed by atoms with van der Waals surface area (Å²) in [6, 6.07) is 10.5. The van der Waals surface area contributed by atoms with Crippen molar-refractivity contribution in [2.75, 3.05) is 14.2 Å². The molecule has 0 aliphatic rings. The van der Waals surface area contributed by atoms with E-state index in [0.29, 0.717) is 11.5 Å². The van der Waals surface area contributed by atoms with Crippen LogP contribution in [-0.2, 0) is 29.3 Å². The first-order chi connectivity index (χ1) is 13.5. The quantitative estimate of drug-likeness (QED) is 0.251. The minimum Gasteiger partial charge on any atom is -0.508 e. The molecule has 0 amide bonds. The zero-order valence-electron chi connectivity index (χ0n) is 17.0. The molecule has 0 unspecified atom stereocenters. The van der Waals surface area contributed by atoms with E-state index in [-0.39, 0.29) is 16.5 Å². The maximum Gasteiger partial charge on any atom is 2.00 e. The number of nitrogens with two attached hydrogens (primary N) is 2. The number of phenols is 2. The molecule has 29 heavy (non-hydrogen) atoms. The molecular formula is C22H32N2NiO4. The molecule has 0 saturated heterocycles. The van der Waals surface area contributed by atoms with Crippen LogP contribution in [-0.4, -0.2) is 24.4 Å². The van der Waals surface area contributed by atoms with Crippen LogP contribution < -0.4 is 20.9 Å². The molecule has 6 nitrogen and oxygen atoms in total. The van der Waals surface area contributed by atoms with Crippen LogP contribution in [0.5, 0.6) is 23.0 Å². The first kappa shape index (κ1) is 27.1. The van der Waals surface area contributed by atoms with Gasteiger partial charge in [-0.2, -0.15) is 12.8 Å². The van der Waals surface area contributed by atoms with Gasteiger partial charge in [-0.05, 0) is 60.4 Å². The molecule has 2 aromatic carbocycles. The van der Waals surface area contributed by atoms with Crippen molar-refractivity contribution in [3.8, 4) is 23.0 Å². The summed E-state index contributed by atoms with van der Waals surface area (Å²) in [5.74, 6) is 2.19. The number of aromatic hydroxyl groups is 2. The molecule has 0 bridgehead atoms. The van der Waals surface area contributed by atoms with E-state index >= 15 is 0 Å². The van der Waals surface area contributed by atoms with Gasteiger partial charge >= 0.3 is 16.5 Å². The van der Waals surface area contributed by atoms with Crippen molar-refractivity contribution < 1.29 is 36.2 Å². The van der Waals surface area contributed by atoms with Crippen LogP contribution in [0.4, 0.5) is 0 Å². The number of aryl methyl sites for hydroxylation is 2. The molecule has 6 N–H and O–H groups in total. The van der Waals surface area contributed by atoms with Gasteiger partial charge in [0.25, 0.3) is 0 Å². The second kappa shape index (κ2) is 15.9. The molecule has 0 atom stereocenters. The fraction of sp³-hybridized carbons (Fsp3) is 0.364. The smallest absolute Gasteiger partial charge is 0.508 e. The van der Waals surface area contributed by atoms with Crippen molar-refractivity contribution >= 4 is 0 Å². The van der Waals surface area contributed by atoms with Crippen LogP contribution in [0.15, 0.2) is 36.4 Å². The third-order valence-electron chi connectivity index (χ3n) is 4.21. The van der Waals surface area contributed by atoms with Gasteiger partial charge in [0, 0.05) is 0 Å². The molecule has 0 radical (unpaired) electrons. The van der Waals surface area contributed by atoms with Gasteiger partial charge in [-0.25, -0.2) is 0 Å². The fourth-order valence-corrected chi connectivity index (χ4v) is 2.60. The predicted molar refractivity (Wildman–Crippen MR) is 112 cm³/mol. The molecule has 0 fully saturated rings. The van der Waals surface area contributed by atoms with E-state index in [1.807, 2.05) is 12.1 Å². The predicted octanol–water partition coefficient (Wildman–Crippen LogP) is 3.69. The summed E-state index contributed by atoms with van der Waals surface area (Å²) in [6.07, 6.45) is 5.23. The molecule has 2 rings (SSSR count). The summed E-state index contributed by atoms with van der Waals surface area (Å²) in [5.41, 5.74) is 12.4. The molecule has 0 aliphatic heterocycles. The molecule has 2 aromatic rings. The summed E-state index contributed by atoms with van der Waals surface area (Å²) in [7, 11) is 3.23. The van der Waals surface area contributed by atoms with Crippen molar-refractivity contribution in [1.82, 2.24) is 0 Å². The van der Waals surface area contributed by atoms with Gasteiger partial charge in [-0.3, -0.25) is 13.1 Å². The van der Waals surface area contributed by atoms with Gasteiger partial charge < -0.3 is 31.2 Å². The maximum atomic E-state index is 9.53. The van der Waals surface area contributed by atoms with Gasteiger partial charge in [0.2, 0.25) is 0 Å². The Morgan fingerprint density at radius 3 is 1.45 bits per heavy atom. The first-order valence-electron chi connectivity index (χ1n) is 9.34. The van der Waals surface area contributed by atoms with E-state index < -0.39 is 0 Å². The largest absolute Gasteiger partial charge is 2.00 e. The third kappa shape index (κ3) is 10.4. The van der Waals surface area contributed by atoms with Crippen LogP contribution in [0.25, 0.3) is 0 Å². The Morgan fingerprint density at radius 1 is 0.759 bits per heavy atom. The Bertz CT molecular complexity index is 639. The molecule has 0 aliphatic carbocycles. The summed E-state index contributed by atoms with van der Waals surface area (Å²) >= 11 is 0. The normalized spacial score (nSPS) is 9.79. The topological polar surface area (TPSA) is 111 Å². The maximum absolute atomic E-state index is 9.53. The number of rotatable bonds is 10. The number of hydrogen-bond acceptors (Lipinski definition) is 6. The van der Waals surface area contributed by atoms with E-state index in [4.69, 9.17) is 20.9 Å². The number of ether oxygens (including phenoxy) is 2. The number of benzene rings is 2. The van der Waals surface area contributed by atoms with E-state index in [1.165, 1.54) is 0 Å². The standard InChI is InChI=1S/2C11H16NO2.Ni/c2*1-14-10-5-6-11(13)9(8-10)4-2-3-7-12;/h2*5-8,13H,2-4,12H2,1H3;/q2*-1;+2. The number of unbranched alkanes of at least 4 members (excludes halogenated alkanes) is 2. The van der Waals surface area contributed by atoms with Gasteiger partial charge in [0.15, 0.2) is 0 Å². The molecular weight excluding hydrogens is 415 g/mol. The average Bonchev–Trinajstić information content (AvgIpc) is 2.71. The fourth-order valence-electron chi connectivity index (χ4n) is 2.60. The molecule has 0 aromatic heterocycles. The van der Waals surface area contributed by atoms with E-state index in [1.54, 1.807) is 51.6 Å². The second-order valence-electron chi connectivity index (χ2n) is 6.25. The summed E-state index contributed by atoms with van der Waals surface area (Å²) in [5, 5.41) is 19.1. The number of methoxy groups -OCH3 is 2. The van der Waals surface area contributed by atoms with Crippen molar-refractivity contribution in [1.29, 1.82) is 0 Å². The van der Waals surface area contributed by atoms with Gasteiger partial charge in [-0.15, -0.1) is 0 Å². The number of phenolic OH excluding ortho intramolecular Hbond substituents is 2. The molecule has 164 valence electrons. The van der Waals surface area contributed by atoms with Crippen molar-refractivity contribution in [2.45, 2.75) is 38.5 Å². The van der Waals surface area contributed by atoms with Gasteiger partial charge in [0.05, 0.1) is 14.2 Å². The zero-order chi connectivity index (χ0) is 20.8. The summed E-state index contributed by atoms with van der Waals surface area (Å²) < 4.78 is 10.1.